The second kappa shape index (κ2) is 6.17. The third-order valence-corrected chi connectivity index (χ3v) is 7.09. The van der Waals surface area contributed by atoms with Crippen LogP contribution in [-0.4, -0.2) is 38.8 Å². The quantitative estimate of drug-likeness (QED) is 0.823. The highest BCUT2D eigenvalue weighted by molar-refractivity contribution is 7.80. The van der Waals surface area contributed by atoms with E-state index in [2.05, 4.69) is 13.8 Å². The molecule has 2 aliphatic carbocycles. The number of rotatable bonds is 4. The third kappa shape index (κ3) is 2.44. The number of ether oxygens (including phenoxy) is 1. The van der Waals surface area contributed by atoms with E-state index in [0.717, 1.165) is 24.8 Å². The normalized spacial score (nSPS) is 32.7. The molecule has 2 saturated carbocycles. The number of carbonyl (C=O) groups excluding carboxylic acids is 1. The Balaban J connectivity index is 1.51. The summed E-state index contributed by atoms with van der Waals surface area (Å²) in [6.45, 7) is 4.46. The van der Waals surface area contributed by atoms with Crippen molar-refractivity contribution in [2.45, 2.75) is 57.3 Å². The number of amides is 1. The maximum Gasteiger partial charge on any atom is 0.267 e. The molecule has 1 aromatic carbocycles. The number of hydrogen-bond donors (Lipinski definition) is 1. The van der Waals surface area contributed by atoms with Crippen LogP contribution in [0.2, 0.25) is 0 Å². The number of aliphatic hydroxyl groups is 1. The molecule has 5 heteroatoms. The number of hydrogen-bond acceptors (Lipinski definition) is 4. The van der Waals surface area contributed by atoms with E-state index in [-0.39, 0.29) is 34.6 Å². The zero-order valence-electron chi connectivity index (χ0n) is 15.2. The molecule has 1 spiro atoms. The molecule has 26 heavy (non-hydrogen) atoms. The maximum atomic E-state index is 13.1. The summed E-state index contributed by atoms with van der Waals surface area (Å²) in [5.41, 5.74) is 0.640. The second-order valence-corrected chi connectivity index (χ2v) is 8.61. The first kappa shape index (κ1) is 17.7. The van der Waals surface area contributed by atoms with Gasteiger partial charge in [0.25, 0.3) is 5.17 Å². The molecule has 2 bridgehead atoms. The van der Waals surface area contributed by atoms with E-state index in [1.165, 1.54) is 0 Å². The Bertz CT molecular complexity index is 760. The second-order valence-electron chi connectivity index (χ2n) is 8.26. The Morgan fingerprint density at radius 2 is 2.15 bits per heavy atom. The minimum atomic E-state index is -0.845. The fourth-order valence-electron chi connectivity index (χ4n) is 5.35. The Kier molecular flexibility index (Phi) is 4.20. The van der Waals surface area contributed by atoms with Crippen LogP contribution in [0.4, 0.5) is 0 Å². The van der Waals surface area contributed by atoms with Crippen molar-refractivity contribution in [2.24, 2.45) is 11.3 Å². The van der Waals surface area contributed by atoms with Crippen LogP contribution in [-0.2, 0) is 9.53 Å². The van der Waals surface area contributed by atoms with Gasteiger partial charge in [-0.3, -0.25) is 9.69 Å². The van der Waals surface area contributed by atoms with Gasteiger partial charge in [0.2, 0.25) is 5.91 Å². The van der Waals surface area contributed by atoms with Crippen molar-refractivity contribution in [1.82, 2.24) is 4.90 Å². The monoisotopic (exact) mass is 371 g/mol. The third-order valence-electron chi connectivity index (χ3n) is 6.81. The van der Waals surface area contributed by atoms with Crippen molar-refractivity contribution in [2.75, 3.05) is 0 Å². The molecule has 4 atom stereocenters. The summed E-state index contributed by atoms with van der Waals surface area (Å²) in [5, 5.41) is 10.6. The summed E-state index contributed by atoms with van der Waals surface area (Å²) in [7, 11) is 0. The van der Waals surface area contributed by atoms with Crippen LogP contribution in [0, 0.1) is 11.3 Å². The molecule has 0 unspecified atom stereocenters. The van der Waals surface area contributed by atoms with E-state index in [1.807, 2.05) is 36.4 Å². The predicted molar refractivity (Wildman–Crippen MR) is 104 cm³/mol. The van der Waals surface area contributed by atoms with Crippen molar-refractivity contribution >= 4 is 29.4 Å². The molecule has 4 rings (SSSR count). The zero-order valence-corrected chi connectivity index (χ0v) is 16.0. The fourth-order valence-corrected chi connectivity index (χ4v) is 5.73. The Morgan fingerprint density at radius 3 is 2.85 bits per heavy atom. The number of benzene rings is 1. The van der Waals surface area contributed by atoms with Crippen LogP contribution in [0.15, 0.2) is 36.4 Å². The first-order valence-electron chi connectivity index (χ1n) is 9.31. The van der Waals surface area contributed by atoms with Gasteiger partial charge in [-0.15, -0.1) is 0 Å². The first-order valence-corrected chi connectivity index (χ1v) is 9.72. The lowest BCUT2D eigenvalue weighted by atomic mass is 9.74. The first-order chi connectivity index (χ1) is 12.4. The molecule has 0 aromatic heterocycles. The molecule has 3 fully saturated rings. The molecule has 1 N–H and O–H groups in total. The summed E-state index contributed by atoms with van der Waals surface area (Å²) in [4.78, 5) is 14.8. The van der Waals surface area contributed by atoms with Gasteiger partial charge in [-0.25, -0.2) is 0 Å². The summed E-state index contributed by atoms with van der Waals surface area (Å²) >= 11 is 5.41. The van der Waals surface area contributed by atoms with E-state index >= 15 is 0 Å². The van der Waals surface area contributed by atoms with Crippen molar-refractivity contribution in [3.05, 3.63) is 42.0 Å². The molecule has 3 aliphatic rings. The number of aliphatic hydroxyl groups excluding tert-OH is 1. The van der Waals surface area contributed by atoms with Gasteiger partial charge in [-0.2, -0.15) is 0 Å². The Hall–Kier alpha value is -1.72. The highest BCUT2D eigenvalue weighted by Gasteiger charge is 2.72. The average Bonchev–Trinajstić information content (AvgIpc) is 3.12. The molecule has 1 saturated heterocycles. The van der Waals surface area contributed by atoms with E-state index in [9.17, 15) is 9.90 Å². The van der Waals surface area contributed by atoms with Crippen LogP contribution in [0.3, 0.4) is 0 Å². The highest BCUT2D eigenvalue weighted by Crippen LogP contribution is 2.65. The molecular weight excluding hydrogens is 346 g/mol. The lowest BCUT2D eigenvalue weighted by Gasteiger charge is -2.42. The van der Waals surface area contributed by atoms with E-state index < -0.39 is 6.10 Å². The van der Waals surface area contributed by atoms with E-state index in [0.29, 0.717) is 5.92 Å². The van der Waals surface area contributed by atoms with E-state index in [4.69, 9.17) is 17.0 Å². The highest BCUT2D eigenvalue weighted by atomic mass is 32.1. The predicted octanol–water partition coefficient (Wildman–Crippen LogP) is 3.54. The van der Waals surface area contributed by atoms with Gasteiger partial charge in [0, 0.05) is 0 Å². The van der Waals surface area contributed by atoms with Gasteiger partial charge >= 0.3 is 0 Å². The maximum absolute atomic E-state index is 13.1. The average molecular weight is 372 g/mol. The van der Waals surface area contributed by atoms with Crippen molar-refractivity contribution < 1.29 is 14.6 Å². The molecular formula is C21H25NO3S. The number of fused-ring (bicyclic) bond motifs is 1. The summed E-state index contributed by atoms with van der Waals surface area (Å²) in [6, 6.07) is 9.74. The van der Waals surface area contributed by atoms with Gasteiger partial charge in [-0.1, -0.05) is 56.3 Å². The molecule has 1 aromatic rings. The van der Waals surface area contributed by atoms with Gasteiger partial charge < -0.3 is 9.84 Å². The Labute approximate surface area is 159 Å². The molecule has 138 valence electrons. The summed E-state index contributed by atoms with van der Waals surface area (Å²) < 4.78 is 5.93. The fraction of sp³-hybridized carbons (Fsp3) is 0.524. The van der Waals surface area contributed by atoms with E-state index in [1.54, 1.807) is 11.0 Å². The van der Waals surface area contributed by atoms with Gasteiger partial charge in [-0.05, 0) is 48.4 Å². The number of carbonyl (C=O) groups is 1. The van der Waals surface area contributed by atoms with Gasteiger partial charge in [0.15, 0.2) is 0 Å². The van der Waals surface area contributed by atoms with Gasteiger partial charge in [0.05, 0.1) is 18.1 Å². The van der Waals surface area contributed by atoms with Crippen molar-refractivity contribution in [3.63, 3.8) is 0 Å². The summed E-state index contributed by atoms with van der Waals surface area (Å²) in [6.07, 6.45) is 5.68. The Morgan fingerprint density at radius 1 is 1.42 bits per heavy atom. The lowest BCUT2D eigenvalue weighted by molar-refractivity contribution is -0.135. The summed E-state index contributed by atoms with van der Waals surface area (Å²) in [5.74, 6) is 0.423. The van der Waals surface area contributed by atoms with Crippen LogP contribution in [0.25, 0.3) is 6.08 Å². The molecule has 1 aliphatic heterocycles. The largest absolute Gasteiger partial charge is 0.465 e. The lowest BCUT2D eigenvalue weighted by Crippen LogP contribution is -2.57. The minimum absolute atomic E-state index is 0.00436. The van der Waals surface area contributed by atoms with Crippen LogP contribution in [0.1, 0.15) is 45.1 Å². The molecule has 1 heterocycles. The number of nitrogens with zero attached hydrogens (tertiary/aromatic N) is 1. The molecule has 1 amide bonds. The van der Waals surface area contributed by atoms with Crippen molar-refractivity contribution in [1.29, 1.82) is 0 Å². The smallest absolute Gasteiger partial charge is 0.267 e. The van der Waals surface area contributed by atoms with Crippen LogP contribution in [0.5, 0.6) is 0 Å². The van der Waals surface area contributed by atoms with Crippen LogP contribution < -0.4 is 0 Å². The standard InChI is InChI=1S/C21H25NO3S/c1-20(2)15-10-11-21(20)17(12-15)25-19(26)22(21)18(24)13-16(23)9-8-14-6-4-3-5-7-14/h3-9,15-17,23H,10-13H2,1-2H3/b9-8+/t15-,16+,17-,21+/m1/s1. The minimum Gasteiger partial charge on any atom is -0.465 e. The topological polar surface area (TPSA) is 49.8 Å². The number of thiocarbonyl (C=S) groups is 1. The van der Waals surface area contributed by atoms with Crippen molar-refractivity contribution in [3.8, 4) is 0 Å². The van der Waals surface area contributed by atoms with Gasteiger partial charge in [0.1, 0.15) is 6.10 Å². The molecule has 0 radical (unpaired) electrons. The molecule has 4 nitrogen and oxygen atoms in total. The zero-order chi connectivity index (χ0) is 18.5. The van der Waals surface area contributed by atoms with Crippen LogP contribution >= 0.6 is 12.2 Å². The SMILES string of the molecule is CC1(C)[C@@H]2CC[C@]13[C@@H](C2)OC(=S)N3C(=O)C[C@@H](O)/C=C/c1ccccc1.